The van der Waals surface area contributed by atoms with Crippen molar-refractivity contribution in [3.63, 3.8) is 0 Å². The number of aromatic nitrogens is 2. The number of nitrogens with zero attached hydrogens (tertiary/aromatic N) is 4. The van der Waals surface area contributed by atoms with Crippen LogP contribution in [0.4, 0.5) is 11.5 Å². The summed E-state index contributed by atoms with van der Waals surface area (Å²) in [5, 5.41) is 13.3. The fraction of sp³-hybridized carbons (Fsp3) is 0.353. The first kappa shape index (κ1) is 15.6. The van der Waals surface area contributed by atoms with E-state index in [1.54, 1.807) is 12.4 Å². The molecule has 6 heteroatoms. The number of nitriles is 1. The van der Waals surface area contributed by atoms with Crippen LogP contribution < -0.4 is 10.2 Å². The lowest BCUT2D eigenvalue weighted by molar-refractivity contribution is 0.528. The summed E-state index contributed by atoms with van der Waals surface area (Å²) in [4.78, 5) is 10.6. The minimum Gasteiger partial charge on any atom is -0.368 e. The Morgan fingerprint density at radius 3 is 3.04 bits per heavy atom. The van der Waals surface area contributed by atoms with Crippen LogP contribution in [0.5, 0.6) is 0 Å². The van der Waals surface area contributed by atoms with E-state index >= 15 is 0 Å². The van der Waals surface area contributed by atoms with Crippen LogP contribution in [0, 0.1) is 18.3 Å². The van der Waals surface area contributed by atoms with Gasteiger partial charge in [0.05, 0.1) is 16.3 Å². The van der Waals surface area contributed by atoms with Crippen molar-refractivity contribution in [3.05, 3.63) is 46.9 Å². The monoisotopic (exact) mass is 327 g/mol. The molecule has 23 heavy (non-hydrogen) atoms. The zero-order chi connectivity index (χ0) is 16.2. The highest BCUT2D eigenvalue weighted by molar-refractivity contribution is 6.32. The van der Waals surface area contributed by atoms with Gasteiger partial charge in [0.1, 0.15) is 18.2 Å². The maximum atomic E-state index is 9.37. The van der Waals surface area contributed by atoms with Gasteiger partial charge >= 0.3 is 0 Å². The van der Waals surface area contributed by atoms with Crippen molar-refractivity contribution in [1.82, 2.24) is 9.97 Å². The predicted molar refractivity (Wildman–Crippen MR) is 91.8 cm³/mol. The molecule has 2 heterocycles. The SMILES string of the molecule is Cc1cc(NC2CCCN(c3cccc(Cl)c3C#N)C2)ncn1. The van der Waals surface area contributed by atoms with E-state index < -0.39 is 0 Å². The fourth-order valence-electron chi connectivity index (χ4n) is 2.94. The Hall–Kier alpha value is -2.32. The number of hydrogen-bond donors (Lipinski definition) is 1. The summed E-state index contributed by atoms with van der Waals surface area (Å²) in [7, 11) is 0. The molecule has 0 amide bonds. The number of hydrogen-bond acceptors (Lipinski definition) is 5. The highest BCUT2D eigenvalue weighted by Gasteiger charge is 2.23. The van der Waals surface area contributed by atoms with Gasteiger partial charge in [-0.1, -0.05) is 17.7 Å². The average molecular weight is 328 g/mol. The maximum absolute atomic E-state index is 9.37. The van der Waals surface area contributed by atoms with Crippen molar-refractivity contribution in [2.45, 2.75) is 25.8 Å². The minimum absolute atomic E-state index is 0.281. The molecule has 1 aliphatic rings. The highest BCUT2D eigenvalue weighted by atomic mass is 35.5. The van der Waals surface area contributed by atoms with E-state index in [4.69, 9.17) is 11.6 Å². The number of halogens is 1. The topological polar surface area (TPSA) is 64.8 Å². The van der Waals surface area contributed by atoms with Gasteiger partial charge in [-0.05, 0) is 31.9 Å². The van der Waals surface area contributed by atoms with E-state index in [-0.39, 0.29) is 6.04 Å². The molecule has 0 bridgehead atoms. The smallest absolute Gasteiger partial charge is 0.129 e. The molecule has 1 saturated heterocycles. The Bertz CT molecular complexity index is 740. The van der Waals surface area contributed by atoms with E-state index in [1.807, 2.05) is 25.1 Å². The summed E-state index contributed by atoms with van der Waals surface area (Å²) in [6.07, 6.45) is 3.70. The summed E-state index contributed by atoms with van der Waals surface area (Å²) in [5.74, 6) is 0.843. The molecule has 1 N–H and O–H groups in total. The van der Waals surface area contributed by atoms with Crippen LogP contribution in [0.3, 0.4) is 0 Å². The first-order chi connectivity index (χ1) is 11.2. The van der Waals surface area contributed by atoms with Crippen molar-refractivity contribution >= 4 is 23.1 Å². The number of rotatable bonds is 3. The Morgan fingerprint density at radius 1 is 1.39 bits per heavy atom. The van der Waals surface area contributed by atoms with Gasteiger partial charge in [0, 0.05) is 30.9 Å². The number of anilines is 2. The van der Waals surface area contributed by atoms with Crippen LogP contribution in [0.2, 0.25) is 5.02 Å². The Balaban J connectivity index is 1.76. The lowest BCUT2D eigenvalue weighted by atomic mass is 10.0. The Labute approximate surface area is 140 Å². The molecule has 0 aliphatic carbocycles. The zero-order valence-electron chi connectivity index (χ0n) is 13.0. The molecule has 1 aliphatic heterocycles. The molecule has 1 unspecified atom stereocenters. The first-order valence-corrected chi connectivity index (χ1v) is 8.04. The summed E-state index contributed by atoms with van der Waals surface area (Å²) < 4.78 is 0. The number of aryl methyl sites for hydroxylation is 1. The number of piperidine rings is 1. The molecule has 1 aromatic carbocycles. The largest absolute Gasteiger partial charge is 0.368 e. The van der Waals surface area contributed by atoms with Gasteiger partial charge in [-0.2, -0.15) is 5.26 Å². The lowest BCUT2D eigenvalue weighted by Gasteiger charge is -2.35. The van der Waals surface area contributed by atoms with Gasteiger partial charge in [-0.15, -0.1) is 0 Å². The summed E-state index contributed by atoms with van der Waals surface area (Å²) in [6, 6.07) is 10.1. The fourth-order valence-corrected chi connectivity index (χ4v) is 3.16. The number of nitrogens with one attached hydrogen (secondary N) is 1. The molecule has 0 saturated carbocycles. The molecule has 118 valence electrons. The predicted octanol–water partition coefficient (Wildman–Crippen LogP) is 3.39. The highest BCUT2D eigenvalue weighted by Crippen LogP contribution is 2.29. The van der Waals surface area contributed by atoms with Crippen molar-refractivity contribution < 1.29 is 0 Å². The van der Waals surface area contributed by atoms with E-state index in [0.717, 1.165) is 43.1 Å². The summed E-state index contributed by atoms with van der Waals surface area (Å²) in [6.45, 7) is 3.69. The molecule has 5 nitrogen and oxygen atoms in total. The normalized spacial score (nSPS) is 17.6. The van der Waals surface area contributed by atoms with E-state index in [0.29, 0.717) is 10.6 Å². The van der Waals surface area contributed by atoms with Crippen LogP contribution in [0.15, 0.2) is 30.6 Å². The third kappa shape index (κ3) is 3.54. The van der Waals surface area contributed by atoms with Crippen LogP contribution in [-0.4, -0.2) is 29.1 Å². The molecule has 1 fully saturated rings. The summed E-state index contributed by atoms with van der Waals surface area (Å²) >= 11 is 6.15. The number of benzene rings is 1. The van der Waals surface area contributed by atoms with Crippen LogP contribution in [0.1, 0.15) is 24.1 Å². The van der Waals surface area contributed by atoms with Gasteiger partial charge < -0.3 is 10.2 Å². The lowest BCUT2D eigenvalue weighted by Crippen LogP contribution is -2.42. The van der Waals surface area contributed by atoms with Crippen LogP contribution in [0.25, 0.3) is 0 Å². The van der Waals surface area contributed by atoms with Crippen molar-refractivity contribution in [1.29, 1.82) is 5.26 Å². The zero-order valence-corrected chi connectivity index (χ0v) is 13.7. The van der Waals surface area contributed by atoms with E-state index in [9.17, 15) is 5.26 Å². The molecule has 0 spiro atoms. The molecule has 1 atom stereocenters. The van der Waals surface area contributed by atoms with Gasteiger partial charge in [0.2, 0.25) is 0 Å². The van der Waals surface area contributed by atoms with Crippen molar-refractivity contribution in [2.75, 3.05) is 23.3 Å². The molecule has 3 rings (SSSR count). The van der Waals surface area contributed by atoms with Crippen LogP contribution in [-0.2, 0) is 0 Å². The second kappa shape index (κ2) is 6.84. The molecular weight excluding hydrogens is 310 g/mol. The molecule has 0 radical (unpaired) electrons. The Morgan fingerprint density at radius 2 is 2.26 bits per heavy atom. The molecule has 1 aromatic heterocycles. The van der Waals surface area contributed by atoms with E-state index in [2.05, 4.69) is 26.3 Å². The minimum atomic E-state index is 0.281. The summed E-state index contributed by atoms with van der Waals surface area (Å²) in [5.41, 5.74) is 2.40. The Kier molecular flexibility index (Phi) is 4.63. The third-order valence-electron chi connectivity index (χ3n) is 4.02. The van der Waals surface area contributed by atoms with Gasteiger partial charge in [0.15, 0.2) is 0 Å². The first-order valence-electron chi connectivity index (χ1n) is 7.66. The van der Waals surface area contributed by atoms with Gasteiger partial charge in [0.25, 0.3) is 0 Å². The van der Waals surface area contributed by atoms with Gasteiger partial charge in [-0.25, -0.2) is 9.97 Å². The maximum Gasteiger partial charge on any atom is 0.129 e. The van der Waals surface area contributed by atoms with Crippen molar-refractivity contribution in [2.24, 2.45) is 0 Å². The average Bonchev–Trinajstić information content (AvgIpc) is 2.55. The van der Waals surface area contributed by atoms with Crippen molar-refractivity contribution in [3.8, 4) is 6.07 Å². The second-order valence-electron chi connectivity index (χ2n) is 5.72. The van der Waals surface area contributed by atoms with Gasteiger partial charge in [-0.3, -0.25) is 0 Å². The quantitative estimate of drug-likeness (QED) is 0.936. The standard InChI is InChI=1S/C17H18ClN5/c1-12-8-17(21-11-20-12)22-13-4-3-7-23(10-13)16-6-2-5-15(18)14(16)9-19/h2,5-6,8,11,13H,3-4,7,10H2,1H3,(H,20,21,22). The third-order valence-corrected chi connectivity index (χ3v) is 4.34. The van der Waals surface area contributed by atoms with Crippen LogP contribution >= 0.6 is 11.6 Å². The second-order valence-corrected chi connectivity index (χ2v) is 6.13. The van der Waals surface area contributed by atoms with E-state index in [1.165, 1.54) is 0 Å². The molecule has 2 aromatic rings. The molecular formula is C17H18ClN5.